The minimum atomic E-state index is -0.565. The van der Waals surface area contributed by atoms with E-state index in [1.807, 2.05) is 0 Å². The van der Waals surface area contributed by atoms with E-state index in [4.69, 9.17) is 4.74 Å². The zero-order chi connectivity index (χ0) is 17.8. The van der Waals surface area contributed by atoms with Crippen LogP contribution in [0.4, 0.5) is 10.8 Å². The maximum absolute atomic E-state index is 12.4. The summed E-state index contributed by atoms with van der Waals surface area (Å²) in [6.07, 6.45) is 6.65. The van der Waals surface area contributed by atoms with E-state index in [0.29, 0.717) is 5.13 Å². The van der Waals surface area contributed by atoms with Gasteiger partial charge in [-0.3, -0.25) is 20.2 Å². The van der Waals surface area contributed by atoms with E-state index in [2.05, 4.69) is 10.3 Å². The molecule has 1 aromatic carbocycles. The lowest BCUT2D eigenvalue weighted by atomic mass is 10.0. The number of aryl methyl sites for hydroxylation is 2. The molecule has 0 spiro atoms. The molecule has 0 unspecified atom stereocenters. The molecule has 0 aliphatic heterocycles. The number of nitro groups is 1. The number of carbonyl (C=O) groups excluding carboxylic acids is 1. The maximum atomic E-state index is 12.4. The molecular formula is C17H19N3O4S. The molecule has 1 amide bonds. The zero-order valence-electron chi connectivity index (χ0n) is 13.9. The van der Waals surface area contributed by atoms with Crippen LogP contribution in [0.2, 0.25) is 0 Å². The van der Waals surface area contributed by atoms with E-state index in [1.165, 1.54) is 54.4 Å². The fourth-order valence-electron chi connectivity index (χ4n) is 2.90. The Bertz CT molecular complexity index is 778. The van der Waals surface area contributed by atoms with Gasteiger partial charge >= 0.3 is 5.69 Å². The first-order valence-electron chi connectivity index (χ1n) is 8.21. The van der Waals surface area contributed by atoms with E-state index in [1.54, 1.807) is 0 Å². The first-order chi connectivity index (χ1) is 12.1. The summed E-state index contributed by atoms with van der Waals surface area (Å²) in [5, 5.41) is 14.4. The van der Waals surface area contributed by atoms with Crippen LogP contribution in [0, 0.1) is 10.1 Å². The lowest BCUT2D eigenvalue weighted by molar-refractivity contribution is -0.385. The monoisotopic (exact) mass is 361 g/mol. The number of amides is 1. The summed E-state index contributed by atoms with van der Waals surface area (Å²) in [7, 11) is 1.35. The standard InChI is InChI=1S/C17H19N3O4S/c1-24-14-9-8-11(10-13(14)20(22)23)16(21)19-17-18-12-6-4-2-3-5-7-15(12)25-17/h8-10H,2-7H2,1H3,(H,18,19,21). The SMILES string of the molecule is COc1ccc(C(=O)Nc2nc3c(s2)CCCCCC3)cc1[N+](=O)[O-]. The van der Waals surface area contributed by atoms with Gasteiger partial charge < -0.3 is 4.74 Å². The van der Waals surface area contributed by atoms with Crippen LogP contribution in [0.1, 0.15) is 46.6 Å². The number of thiazole rings is 1. The first-order valence-corrected chi connectivity index (χ1v) is 9.02. The Kier molecular flexibility index (Phi) is 5.28. The average Bonchev–Trinajstić information content (AvgIpc) is 2.94. The summed E-state index contributed by atoms with van der Waals surface area (Å²) >= 11 is 1.50. The quantitative estimate of drug-likeness (QED) is 0.657. The van der Waals surface area contributed by atoms with Crippen LogP contribution in [0.15, 0.2) is 18.2 Å². The highest BCUT2D eigenvalue weighted by atomic mass is 32.1. The molecule has 25 heavy (non-hydrogen) atoms. The molecule has 1 aliphatic carbocycles. The van der Waals surface area contributed by atoms with Crippen LogP contribution in [0.3, 0.4) is 0 Å². The number of ether oxygens (including phenoxy) is 1. The van der Waals surface area contributed by atoms with Crippen LogP contribution in [-0.2, 0) is 12.8 Å². The highest BCUT2D eigenvalue weighted by Gasteiger charge is 2.20. The van der Waals surface area contributed by atoms with Gasteiger partial charge in [0, 0.05) is 16.5 Å². The molecule has 1 aliphatic rings. The number of aromatic nitrogens is 1. The molecule has 0 bridgehead atoms. The lowest BCUT2D eigenvalue weighted by Gasteiger charge is -2.06. The number of nitrogens with zero attached hydrogens (tertiary/aromatic N) is 2. The summed E-state index contributed by atoms with van der Waals surface area (Å²) in [4.78, 5) is 28.7. The van der Waals surface area contributed by atoms with E-state index in [0.717, 1.165) is 31.4 Å². The van der Waals surface area contributed by atoms with Gasteiger partial charge in [-0.25, -0.2) is 4.98 Å². The van der Waals surface area contributed by atoms with Crippen molar-refractivity contribution in [2.45, 2.75) is 38.5 Å². The fourth-order valence-corrected chi connectivity index (χ4v) is 3.95. The minimum Gasteiger partial charge on any atom is -0.490 e. The van der Waals surface area contributed by atoms with Gasteiger partial charge in [0.25, 0.3) is 5.91 Å². The lowest BCUT2D eigenvalue weighted by Crippen LogP contribution is -2.12. The number of fused-ring (bicyclic) bond motifs is 1. The van der Waals surface area contributed by atoms with E-state index < -0.39 is 10.8 Å². The Hall–Kier alpha value is -2.48. The molecule has 7 nitrogen and oxygen atoms in total. The molecular weight excluding hydrogens is 342 g/mol. The van der Waals surface area contributed by atoms with Crippen molar-refractivity contribution in [2.75, 3.05) is 12.4 Å². The van der Waals surface area contributed by atoms with Crippen LogP contribution in [-0.4, -0.2) is 22.9 Å². The van der Waals surface area contributed by atoms with Crippen molar-refractivity contribution < 1.29 is 14.5 Å². The van der Waals surface area contributed by atoms with Gasteiger partial charge in [-0.1, -0.05) is 12.8 Å². The average molecular weight is 361 g/mol. The predicted molar refractivity (Wildman–Crippen MR) is 95.6 cm³/mol. The topological polar surface area (TPSA) is 94.4 Å². The van der Waals surface area contributed by atoms with Gasteiger partial charge in [-0.15, -0.1) is 11.3 Å². The summed E-state index contributed by atoms with van der Waals surface area (Å²) in [6, 6.07) is 4.15. The Morgan fingerprint density at radius 3 is 2.76 bits per heavy atom. The number of hydrogen-bond donors (Lipinski definition) is 1. The van der Waals surface area contributed by atoms with Gasteiger partial charge in [0.05, 0.1) is 17.7 Å². The third kappa shape index (κ3) is 3.96. The number of hydrogen-bond acceptors (Lipinski definition) is 6. The van der Waals surface area contributed by atoms with Crippen molar-refractivity contribution in [3.63, 3.8) is 0 Å². The Morgan fingerprint density at radius 1 is 1.28 bits per heavy atom. The third-order valence-corrected chi connectivity index (χ3v) is 5.28. The summed E-state index contributed by atoms with van der Waals surface area (Å²) in [6.45, 7) is 0. The minimum absolute atomic E-state index is 0.124. The first kappa shape index (κ1) is 17.3. The molecule has 1 aromatic heterocycles. The number of rotatable bonds is 4. The zero-order valence-corrected chi connectivity index (χ0v) is 14.7. The molecule has 132 valence electrons. The van der Waals surface area contributed by atoms with E-state index in [-0.39, 0.29) is 17.0 Å². The van der Waals surface area contributed by atoms with Crippen molar-refractivity contribution >= 4 is 28.1 Å². The second-order valence-electron chi connectivity index (χ2n) is 5.90. The normalized spacial score (nSPS) is 14.1. The highest BCUT2D eigenvalue weighted by Crippen LogP contribution is 2.30. The van der Waals surface area contributed by atoms with Crippen molar-refractivity contribution in [1.82, 2.24) is 4.98 Å². The molecule has 2 aromatic rings. The van der Waals surface area contributed by atoms with Gasteiger partial charge in [0.2, 0.25) is 0 Å². The second-order valence-corrected chi connectivity index (χ2v) is 6.98. The highest BCUT2D eigenvalue weighted by molar-refractivity contribution is 7.15. The van der Waals surface area contributed by atoms with Crippen LogP contribution < -0.4 is 10.1 Å². The van der Waals surface area contributed by atoms with Crippen molar-refractivity contribution in [3.05, 3.63) is 44.4 Å². The fraction of sp³-hybridized carbons (Fsp3) is 0.412. The number of methoxy groups -OCH3 is 1. The maximum Gasteiger partial charge on any atom is 0.311 e. The van der Waals surface area contributed by atoms with Gasteiger partial charge in [-0.2, -0.15) is 0 Å². The number of anilines is 1. The molecule has 1 heterocycles. The Labute approximate surface area is 149 Å². The summed E-state index contributed by atoms with van der Waals surface area (Å²) < 4.78 is 4.95. The second kappa shape index (κ2) is 7.60. The number of nitro benzene ring substituents is 1. The smallest absolute Gasteiger partial charge is 0.311 e. The van der Waals surface area contributed by atoms with Crippen molar-refractivity contribution in [1.29, 1.82) is 0 Å². The van der Waals surface area contributed by atoms with Gasteiger partial charge in [0.15, 0.2) is 10.9 Å². The number of carbonyl (C=O) groups is 1. The molecule has 0 atom stereocenters. The van der Waals surface area contributed by atoms with Gasteiger partial charge in [0.1, 0.15) is 0 Å². The van der Waals surface area contributed by atoms with E-state index in [9.17, 15) is 14.9 Å². The van der Waals surface area contributed by atoms with Crippen LogP contribution >= 0.6 is 11.3 Å². The van der Waals surface area contributed by atoms with Gasteiger partial charge in [-0.05, 0) is 37.8 Å². The number of nitrogens with one attached hydrogen (secondary N) is 1. The number of benzene rings is 1. The Morgan fingerprint density at radius 2 is 2.04 bits per heavy atom. The molecule has 0 saturated heterocycles. The molecule has 0 radical (unpaired) electrons. The molecule has 0 saturated carbocycles. The largest absolute Gasteiger partial charge is 0.490 e. The van der Waals surface area contributed by atoms with Crippen LogP contribution in [0.5, 0.6) is 5.75 Å². The summed E-state index contributed by atoms with van der Waals surface area (Å²) in [5.74, 6) is -0.286. The third-order valence-electron chi connectivity index (χ3n) is 4.20. The molecule has 8 heteroatoms. The molecule has 0 fully saturated rings. The van der Waals surface area contributed by atoms with Crippen molar-refractivity contribution in [3.8, 4) is 5.75 Å². The van der Waals surface area contributed by atoms with Crippen molar-refractivity contribution in [2.24, 2.45) is 0 Å². The molecule has 1 N–H and O–H groups in total. The summed E-state index contributed by atoms with van der Waals surface area (Å²) in [5.41, 5.74) is 1.04. The molecule has 3 rings (SSSR count). The Balaban J connectivity index is 1.79. The van der Waals surface area contributed by atoms with E-state index >= 15 is 0 Å². The predicted octanol–water partition coefficient (Wildman–Crippen LogP) is 3.97. The van der Waals surface area contributed by atoms with Crippen LogP contribution in [0.25, 0.3) is 0 Å².